The van der Waals surface area contributed by atoms with Crippen molar-refractivity contribution in [3.05, 3.63) is 53.0 Å². The van der Waals surface area contributed by atoms with Crippen LogP contribution in [0.2, 0.25) is 5.02 Å². The van der Waals surface area contributed by atoms with E-state index < -0.39 is 21.2 Å². The zero-order chi connectivity index (χ0) is 23.6. The molecule has 0 amide bonds. The van der Waals surface area contributed by atoms with Crippen molar-refractivity contribution in [2.24, 2.45) is 0 Å². The van der Waals surface area contributed by atoms with Gasteiger partial charge in [-0.15, -0.1) is 10.2 Å². The Morgan fingerprint density at radius 3 is 2.61 bits per heavy atom. The second kappa shape index (κ2) is 9.80. The maximum absolute atomic E-state index is 13.4. The number of rotatable bonds is 9. The Bertz CT molecular complexity index is 1210. The molecule has 1 saturated heterocycles. The van der Waals surface area contributed by atoms with Gasteiger partial charge >= 0.3 is 0 Å². The molecule has 0 radical (unpaired) electrons. The van der Waals surface area contributed by atoms with E-state index in [1.807, 2.05) is 25.1 Å². The Hall–Kier alpha value is -2.47. The van der Waals surface area contributed by atoms with Crippen LogP contribution in [-0.2, 0) is 31.6 Å². The Morgan fingerprint density at radius 1 is 1.27 bits per heavy atom. The summed E-state index contributed by atoms with van der Waals surface area (Å²) in [6.07, 6.45) is 2.83. The highest BCUT2D eigenvalue weighted by atomic mass is 35.5. The third kappa shape index (κ3) is 5.21. The Morgan fingerprint density at radius 2 is 2.00 bits per heavy atom. The van der Waals surface area contributed by atoms with Crippen molar-refractivity contribution in [3.63, 3.8) is 0 Å². The van der Waals surface area contributed by atoms with Crippen LogP contribution in [0.4, 0.5) is 0 Å². The van der Waals surface area contributed by atoms with Crippen molar-refractivity contribution in [1.29, 1.82) is 0 Å². The first kappa shape index (κ1) is 23.7. The van der Waals surface area contributed by atoms with Crippen LogP contribution >= 0.6 is 11.6 Å². The maximum Gasteiger partial charge on any atom is 0.182 e. The lowest BCUT2D eigenvalue weighted by molar-refractivity contribution is -0.0593. The number of pyridine rings is 1. The fourth-order valence-electron chi connectivity index (χ4n) is 3.60. The third-order valence-electron chi connectivity index (χ3n) is 5.60. The molecule has 0 aliphatic carbocycles. The molecule has 3 aromatic heterocycles. The fourth-order valence-corrected chi connectivity index (χ4v) is 5.14. The lowest BCUT2D eigenvalue weighted by Gasteiger charge is -2.28. The summed E-state index contributed by atoms with van der Waals surface area (Å²) in [4.78, 5) is 12.8. The molecule has 0 saturated carbocycles. The predicted molar refractivity (Wildman–Crippen MR) is 121 cm³/mol. The van der Waals surface area contributed by atoms with Crippen molar-refractivity contribution in [1.82, 2.24) is 29.7 Å². The van der Waals surface area contributed by atoms with Crippen molar-refractivity contribution in [2.75, 3.05) is 13.7 Å². The maximum atomic E-state index is 13.4. The number of methoxy groups -OCH3 is 1. The molecule has 176 valence electrons. The van der Waals surface area contributed by atoms with Crippen molar-refractivity contribution in [2.45, 2.75) is 50.0 Å². The van der Waals surface area contributed by atoms with Gasteiger partial charge in [0, 0.05) is 31.8 Å². The van der Waals surface area contributed by atoms with E-state index in [-0.39, 0.29) is 17.7 Å². The number of sulfone groups is 1. The first-order valence-corrected chi connectivity index (χ1v) is 12.6. The number of aryl methyl sites for hydroxylation is 1. The summed E-state index contributed by atoms with van der Waals surface area (Å²) in [5.74, 6) is 0.749. The Labute approximate surface area is 197 Å². The molecular formula is C21H25ClN6O4S. The molecule has 3 atom stereocenters. The highest BCUT2D eigenvalue weighted by Gasteiger charge is 2.35. The number of halogens is 1. The summed E-state index contributed by atoms with van der Waals surface area (Å²) >= 11 is 5.86. The molecule has 10 nitrogen and oxygen atoms in total. The molecule has 0 N–H and O–H groups in total. The predicted octanol–water partition coefficient (Wildman–Crippen LogP) is 2.57. The summed E-state index contributed by atoms with van der Waals surface area (Å²) in [7, 11) is -2.31. The zero-order valence-corrected chi connectivity index (χ0v) is 20.1. The monoisotopic (exact) mass is 492 g/mol. The van der Waals surface area contributed by atoms with Gasteiger partial charge in [-0.25, -0.2) is 23.4 Å². The van der Waals surface area contributed by atoms with Crippen LogP contribution < -0.4 is 0 Å². The van der Waals surface area contributed by atoms with Crippen molar-refractivity contribution in [3.8, 4) is 11.5 Å². The van der Waals surface area contributed by atoms with E-state index in [9.17, 15) is 8.42 Å². The van der Waals surface area contributed by atoms with E-state index in [1.54, 1.807) is 11.5 Å². The van der Waals surface area contributed by atoms with Gasteiger partial charge in [-0.3, -0.25) is 0 Å². The van der Waals surface area contributed by atoms with Gasteiger partial charge in [0.25, 0.3) is 0 Å². The summed E-state index contributed by atoms with van der Waals surface area (Å²) in [5.41, 5.74) is 1.46. The molecule has 0 bridgehead atoms. The Kier molecular flexibility index (Phi) is 7.03. The average Bonchev–Trinajstić information content (AvgIpc) is 3.14. The molecule has 1 unspecified atom stereocenters. The molecule has 4 heterocycles. The van der Waals surface area contributed by atoms with Crippen molar-refractivity contribution >= 4 is 21.4 Å². The van der Waals surface area contributed by atoms with E-state index in [2.05, 4.69) is 25.1 Å². The largest absolute Gasteiger partial charge is 0.376 e. The van der Waals surface area contributed by atoms with Gasteiger partial charge in [0.15, 0.2) is 21.5 Å². The van der Waals surface area contributed by atoms with Crippen LogP contribution in [0.15, 0.2) is 30.6 Å². The van der Waals surface area contributed by atoms with Gasteiger partial charge in [0.05, 0.1) is 22.9 Å². The van der Waals surface area contributed by atoms with E-state index in [0.29, 0.717) is 35.5 Å². The fraction of sp³-hybridized carbons (Fsp3) is 0.476. The molecule has 12 heteroatoms. The second-order valence-electron chi connectivity index (χ2n) is 7.92. The van der Waals surface area contributed by atoms with Crippen molar-refractivity contribution < 1.29 is 17.9 Å². The summed E-state index contributed by atoms with van der Waals surface area (Å²) in [6.45, 7) is 4.59. The van der Waals surface area contributed by atoms with Gasteiger partial charge in [0.1, 0.15) is 23.4 Å². The number of aromatic nitrogens is 6. The molecule has 1 aliphatic rings. The van der Waals surface area contributed by atoms with Gasteiger partial charge in [-0.05, 0) is 32.4 Å². The highest BCUT2D eigenvalue weighted by molar-refractivity contribution is 7.91. The molecule has 4 rings (SSSR count). The number of hydrogen-bond donors (Lipinski definition) is 0. The second-order valence-corrected chi connectivity index (χ2v) is 10.7. The lowest BCUT2D eigenvalue weighted by atomic mass is 10.2. The summed E-state index contributed by atoms with van der Waals surface area (Å²) in [6, 6.07) is 5.59. The molecule has 0 spiro atoms. The molecular weight excluding hydrogens is 468 g/mol. The first-order valence-electron chi connectivity index (χ1n) is 10.5. The minimum Gasteiger partial charge on any atom is -0.376 e. The van der Waals surface area contributed by atoms with Crippen LogP contribution in [0.5, 0.6) is 0 Å². The molecule has 3 aromatic rings. The van der Waals surface area contributed by atoms with E-state index in [1.165, 1.54) is 19.5 Å². The number of nitrogens with zero attached hydrogens (tertiary/aromatic N) is 6. The molecule has 1 aliphatic heterocycles. The molecule has 1 fully saturated rings. The minimum atomic E-state index is -3.73. The van der Waals surface area contributed by atoms with Gasteiger partial charge in [-0.2, -0.15) is 0 Å². The molecule has 0 aromatic carbocycles. The molecule has 33 heavy (non-hydrogen) atoms. The smallest absolute Gasteiger partial charge is 0.182 e. The SMILES string of the molecule is CO[C@H](c1ncc(Cl)cn1)[C@H](C)S(=O)(=O)Cc1nnc(-c2cccc(C)n2)n1CC1CCO1. The van der Waals surface area contributed by atoms with Crippen LogP contribution in [0.3, 0.4) is 0 Å². The average molecular weight is 493 g/mol. The van der Waals surface area contributed by atoms with Crippen LogP contribution in [0, 0.1) is 6.92 Å². The van der Waals surface area contributed by atoms with Gasteiger partial charge in [-0.1, -0.05) is 17.7 Å². The number of hydrogen-bond acceptors (Lipinski definition) is 9. The van der Waals surface area contributed by atoms with Crippen LogP contribution in [-0.4, -0.2) is 63.2 Å². The van der Waals surface area contributed by atoms with Crippen LogP contribution in [0.1, 0.15) is 36.8 Å². The highest BCUT2D eigenvalue weighted by Crippen LogP contribution is 2.27. The van der Waals surface area contributed by atoms with E-state index >= 15 is 0 Å². The quantitative estimate of drug-likeness (QED) is 0.443. The van der Waals surface area contributed by atoms with E-state index in [0.717, 1.165) is 12.1 Å². The summed E-state index contributed by atoms with van der Waals surface area (Å²) < 4.78 is 39.6. The topological polar surface area (TPSA) is 122 Å². The normalized spacial score (nSPS) is 18.0. The first-order chi connectivity index (χ1) is 15.8. The summed E-state index contributed by atoms with van der Waals surface area (Å²) in [5, 5.41) is 7.91. The Balaban J connectivity index is 1.64. The number of ether oxygens (including phenoxy) is 2. The standard InChI is InChI=1S/C21H25ClN6O4S/c1-13-5-4-6-17(25-13)21-27-26-18(28(21)11-16-7-8-32-16)12-33(29,30)14(2)19(31-3)20-23-9-15(22)10-24-20/h4-6,9-10,14,16,19H,7-8,11-12H2,1-3H3/t14-,16?,19-/m0/s1. The van der Waals surface area contributed by atoms with E-state index in [4.69, 9.17) is 21.1 Å². The third-order valence-corrected chi connectivity index (χ3v) is 7.83. The lowest BCUT2D eigenvalue weighted by Crippen LogP contribution is -2.33. The van der Waals surface area contributed by atoms with Gasteiger partial charge in [0.2, 0.25) is 0 Å². The van der Waals surface area contributed by atoms with Crippen LogP contribution in [0.25, 0.3) is 11.5 Å². The van der Waals surface area contributed by atoms with Gasteiger partial charge < -0.3 is 14.0 Å². The minimum absolute atomic E-state index is 0.0161. The zero-order valence-electron chi connectivity index (χ0n) is 18.5.